The molecule has 0 aliphatic carbocycles. The minimum Gasteiger partial charge on any atom is -0.484 e. The van der Waals surface area contributed by atoms with Crippen LogP contribution in [-0.4, -0.2) is 39.4 Å². The summed E-state index contributed by atoms with van der Waals surface area (Å²) >= 11 is 6.20. The number of carbonyl (C=O) groups is 2. The topological polar surface area (TPSA) is 85.5 Å². The molecule has 0 aliphatic rings. The Labute approximate surface area is 208 Å². The van der Waals surface area contributed by atoms with E-state index in [-0.39, 0.29) is 30.9 Å². The number of halogens is 1. The second-order valence-electron chi connectivity index (χ2n) is 8.10. The van der Waals surface area contributed by atoms with Crippen molar-refractivity contribution in [3.8, 4) is 17.2 Å². The number of hydrogen-bond donors (Lipinski definition) is 0. The van der Waals surface area contributed by atoms with Crippen LogP contribution in [0.15, 0.2) is 83.3 Å². The lowest BCUT2D eigenvalue weighted by Gasteiger charge is -2.25. The largest absolute Gasteiger partial charge is 0.484 e. The van der Waals surface area contributed by atoms with E-state index in [1.165, 1.54) is 0 Å². The van der Waals surface area contributed by atoms with Crippen molar-refractivity contribution >= 4 is 23.3 Å². The maximum Gasteiger partial charge on any atom is 0.261 e. The summed E-state index contributed by atoms with van der Waals surface area (Å²) in [6.45, 7) is 3.76. The van der Waals surface area contributed by atoms with E-state index in [4.69, 9.17) is 20.8 Å². The van der Waals surface area contributed by atoms with Crippen LogP contribution in [0.4, 0.5) is 0 Å². The molecule has 35 heavy (non-hydrogen) atoms. The van der Waals surface area contributed by atoms with Gasteiger partial charge in [-0.05, 0) is 50.2 Å². The Balaban J connectivity index is 1.37. The normalized spacial score (nSPS) is 10.9. The quantitative estimate of drug-likeness (QED) is 0.291. The van der Waals surface area contributed by atoms with Gasteiger partial charge in [-0.1, -0.05) is 54.1 Å². The van der Waals surface area contributed by atoms with E-state index in [9.17, 15) is 9.59 Å². The number of nitrogens with zero attached hydrogens (tertiary/aromatic N) is 3. The van der Waals surface area contributed by atoms with Gasteiger partial charge in [-0.2, -0.15) is 0 Å². The van der Waals surface area contributed by atoms with Gasteiger partial charge in [-0.3, -0.25) is 9.59 Å². The molecule has 0 saturated carbocycles. The lowest BCUT2D eigenvalue weighted by molar-refractivity contribution is -0.136. The standard InChI is InChI=1S/C27H24ClN3O4/c1-18(2)31(16-24-29-30-27(35-24)22-10-6-7-11-23(22)28)25(32)17-34-21-14-12-20(13-15-21)26(33)19-8-4-3-5-9-19/h3-15,18H,16-17H2,1-2H3. The maximum atomic E-state index is 12.9. The Hall–Kier alpha value is -3.97. The van der Waals surface area contributed by atoms with Crippen molar-refractivity contribution in [1.29, 1.82) is 0 Å². The van der Waals surface area contributed by atoms with Crippen molar-refractivity contribution in [3.63, 3.8) is 0 Å². The van der Waals surface area contributed by atoms with Crippen molar-refractivity contribution < 1.29 is 18.7 Å². The van der Waals surface area contributed by atoms with Crippen LogP contribution in [0.25, 0.3) is 11.5 Å². The molecule has 1 amide bonds. The molecule has 0 fully saturated rings. The molecule has 1 heterocycles. The third kappa shape index (κ3) is 5.94. The first-order valence-electron chi connectivity index (χ1n) is 11.1. The fourth-order valence-electron chi connectivity index (χ4n) is 3.45. The van der Waals surface area contributed by atoms with Gasteiger partial charge in [0.15, 0.2) is 12.4 Å². The van der Waals surface area contributed by atoms with Crippen LogP contribution in [0.3, 0.4) is 0 Å². The Morgan fingerprint density at radius 1 is 0.914 bits per heavy atom. The zero-order valence-corrected chi connectivity index (χ0v) is 20.1. The van der Waals surface area contributed by atoms with Crippen LogP contribution in [0.5, 0.6) is 5.75 Å². The molecule has 3 aromatic carbocycles. The zero-order valence-electron chi connectivity index (χ0n) is 19.3. The number of hydrogen-bond acceptors (Lipinski definition) is 6. The van der Waals surface area contributed by atoms with Crippen LogP contribution in [0.2, 0.25) is 5.02 Å². The fraction of sp³-hybridized carbons (Fsp3) is 0.185. The molecule has 4 rings (SSSR count). The molecule has 1 aromatic heterocycles. The summed E-state index contributed by atoms with van der Waals surface area (Å²) in [6.07, 6.45) is 0. The van der Waals surface area contributed by atoms with Gasteiger partial charge in [0.25, 0.3) is 5.91 Å². The van der Waals surface area contributed by atoms with Crippen molar-refractivity contribution in [2.24, 2.45) is 0 Å². The third-order valence-electron chi connectivity index (χ3n) is 5.34. The third-order valence-corrected chi connectivity index (χ3v) is 5.66. The lowest BCUT2D eigenvalue weighted by atomic mass is 10.0. The summed E-state index contributed by atoms with van der Waals surface area (Å²) in [6, 6.07) is 22.8. The number of aromatic nitrogens is 2. The zero-order chi connectivity index (χ0) is 24.8. The number of ether oxygens (including phenoxy) is 1. The van der Waals surface area contributed by atoms with Gasteiger partial charge in [-0.15, -0.1) is 10.2 Å². The van der Waals surface area contributed by atoms with Gasteiger partial charge < -0.3 is 14.1 Å². The highest BCUT2D eigenvalue weighted by atomic mass is 35.5. The van der Waals surface area contributed by atoms with Gasteiger partial charge in [-0.25, -0.2) is 0 Å². The molecule has 0 saturated heterocycles. The van der Waals surface area contributed by atoms with Crippen LogP contribution in [0.1, 0.15) is 35.7 Å². The van der Waals surface area contributed by atoms with Crippen molar-refractivity contribution in [2.75, 3.05) is 6.61 Å². The van der Waals surface area contributed by atoms with Crippen molar-refractivity contribution in [3.05, 3.63) is 101 Å². The number of rotatable bonds is 9. The summed E-state index contributed by atoms with van der Waals surface area (Å²) < 4.78 is 11.4. The molecular formula is C27H24ClN3O4. The molecule has 0 spiro atoms. The molecule has 8 heteroatoms. The monoisotopic (exact) mass is 489 g/mol. The Bertz CT molecular complexity index is 1300. The Morgan fingerprint density at radius 3 is 2.26 bits per heavy atom. The molecule has 178 valence electrons. The van der Waals surface area contributed by atoms with Crippen LogP contribution < -0.4 is 4.74 Å². The van der Waals surface area contributed by atoms with Crippen molar-refractivity contribution in [2.45, 2.75) is 26.4 Å². The molecule has 0 bridgehead atoms. The van der Waals surface area contributed by atoms with E-state index >= 15 is 0 Å². The summed E-state index contributed by atoms with van der Waals surface area (Å²) in [5, 5.41) is 8.63. The molecule has 4 aromatic rings. The second-order valence-corrected chi connectivity index (χ2v) is 8.51. The van der Waals surface area contributed by atoms with Gasteiger partial charge in [0, 0.05) is 17.2 Å². The number of ketones is 1. The van der Waals surface area contributed by atoms with Crippen LogP contribution in [-0.2, 0) is 11.3 Å². The Kier molecular flexibility index (Phi) is 7.57. The molecule has 0 atom stereocenters. The van der Waals surface area contributed by atoms with E-state index in [2.05, 4.69) is 10.2 Å². The maximum absolute atomic E-state index is 12.9. The molecule has 0 radical (unpaired) electrons. The lowest BCUT2D eigenvalue weighted by Crippen LogP contribution is -2.39. The van der Waals surface area contributed by atoms with Crippen molar-refractivity contribution in [1.82, 2.24) is 15.1 Å². The first kappa shape index (κ1) is 24.2. The average Bonchev–Trinajstić information content (AvgIpc) is 3.35. The molecular weight excluding hydrogens is 466 g/mol. The molecule has 0 aliphatic heterocycles. The highest BCUT2D eigenvalue weighted by Crippen LogP contribution is 2.26. The van der Waals surface area contributed by atoms with Gasteiger partial charge in [0.1, 0.15) is 5.75 Å². The number of benzene rings is 3. The first-order chi connectivity index (χ1) is 16.9. The number of carbonyl (C=O) groups excluding carboxylic acids is 2. The summed E-state index contributed by atoms with van der Waals surface area (Å²) in [5.41, 5.74) is 1.79. The number of amides is 1. The average molecular weight is 490 g/mol. The molecule has 7 nitrogen and oxygen atoms in total. The van der Waals surface area contributed by atoms with E-state index in [0.29, 0.717) is 39.2 Å². The summed E-state index contributed by atoms with van der Waals surface area (Å²) in [5.74, 6) is 0.774. The minimum atomic E-state index is -0.234. The fourth-order valence-corrected chi connectivity index (χ4v) is 3.67. The second kappa shape index (κ2) is 11.0. The smallest absolute Gasteiger partial charge is 0.261 e. The van der Waals surface area contributed by atoms with Crippen LogP contribution >= 0.6 is 11.6 Å². The van der Waals surface area contributed by atoms with Gasteiger partial charge in [0.2, 0.25) is 11.8 Å². The van der Waals surface area contributed by atoms with Gasteiger partial charge >= 0.3 is 0 Å². The van der Waals surface area contributed by atoms with E-state index in [0.717, 1.165) is 0 Å². The summed E-state index contributed by atoms with van der Waals surface area (Å²) in [4.78, 5) is 27.0. The highest BCUT2D eigenvalue weighted by molar-refractivity contribution is 6.33. The van der Waals surface area contributed by atoms with E-state index in [1.807, 2.05) is 44.2 Å². The highest BCUT2D eigenvalue weighted by Gasteiger charge is 2.22. The van der Waals surface area contributed by atoms with Gasteiger partial charge in [0.05, 0.1) is 17.1 Å². The SMILES string of the molecule is CC(C)N(Cc1nnc(-c2ccccc2Cl)o1)C(=O)COc1ccc(C(=O)c2ccccc2)cc1. The first-order valence-corrected chi connectivity index (χ1v) is 11.5. The Morgan fingerprint density at radius 2 is 1.57 bits per heavy atom. The predicted molar refractivity (Wildman–Crippen MR) is 132 cm³/mol. The molecule has 0 N–H and O–H groups in total. The summed E-state index contributed by atoms with van der Waals surface area (Å²) in [7, 11) is 0. The van der Waals surface area contributed by atoms with E-state index < -0.39 is 0 Å². The minimum absolute atomic E-state index is 0.0741. The van der Waals surface area contributed by atoms with Crippen LogP contribution in [0, 0.1) is 0 Å². The van der Waals surface area contributed by atoms with E-state index in [1.54, 1.807) is 53.4 Å². The predicted octanol–water partition coefficient (Wildman–Crippen LogP) is 5.44. The molecule has 0 unspecified atom stereocenters.